The molecule has 5 nitrogen and oxygen atoms in total. The fraction of sp³-hybridized carbons (Fsp3) is 0.733. The van der Waals surface area contributed by atoms with Gasteiger partial charge in [-0.2, -0.15) is 0 Å². The maximum atomic E-state index is 11.4. The van der Waals surface area contributed by atoms with Gasteiger partial charge in [-0.1, -0.05) is 27.7 Å². The quantitative estimate of drug-likeness (QED) is 0.238. The van der Waals surface area contributed by atoms with Crippen LogP contribution in [-0.4, -0.2) is 40.9 Å². The SMILES string of the molecule is COC(=O)/C=C(/OC)[C@H](C)[C@H](C=O)O[Si](C)(C)C(C)(C)C. The molecule has 0 amide bonds. The highest BCUT2D eigenvalue weighted by atomic mass is 28.4. The van der Waals surface area contributed by atoms with Crippen molar-refractivity contribution >= 4 is 20.6 Å². The van der Waals surface area contributed by atoms with E-state index in [1.807, 2.05) is 0 Å². The standard InChI is InChI=1S/C15H28O5Si/c1-11(12(18-5)9-14(17)19-6)13(10-16)20-21(7,8)15(2,3)4/h9-11,13H,1-8H3/b12-9+/t11-,13-/m0/s1. The van der Waals surface area contributed by atoms with E-state index in [9.17, 15) is 9.59 Å². The minimum atomic E-state index is -2.09. The van der Waals surface area contributed by atoms with Crippen LogP contribution in [0.2, 0.25) is 18.1 Å². The van der Waals surface area contributed by atoms with Crippen molar-refractivity contribution in [1.29, 1.82) is 0 Å². The van der Waals surface area contributed by atoms with Gasteiger partial charge < -0.3 is 18.7 Å². The largest absolute Gasteiger partial charge is 0.500 e. The zero-order valence-electron chi connectivity index (χ0n) is 14.4. The summed E-state index contributed by atoms with van der Waals surface area (Å²) >= 11 is 0. The molecule has 0 unspecified atom stereocenters. The van der Waals surface area contributed by atoms with E-state index in [1.54, 1.807) is 6.92 Å². The fourth-order valence-electron chi connectivity index (χ4n) is 1.48. The van der Waals surface area contributed by atoms with E-state index in [0.717, 1.165) is 6.29 Å². The van der Waals surface area contributed by atoms with Gasteiger partial charge >= 0.3 is 5.97 Å². The van der Waals surface area contributed by atoms with Gasteiger partial charge in [0.25, 0.3) is 0 Å². The Hall–Kier alpha value is -1.14. The summed E-state index contributed by atoms with van der Waals surface area (Å²) in [7, 11) is 0.661. The average molecular weight is 316 g/mol. The zero-order chi connectivity index (χ0) is 16.8. The van der Waals surface area contributed by atoms with Gasteiger partial charge in [0.2, 0.25) is 0 Å². The highest BCUT2D eigenvalue weighted by Crippen LogP contribution is 2.38. The van der Waals surface area contributed by atoms with E-state index < -0.39 is 20.4 Å². The maximum Gasteiger partial charge on any atom is 0.333 e. The van der Waals surface area contributed by atoms with Crippen LogP contribution in [0.25, 0.3) is 0 Å². The van der Waals surface area contributed by atoms with Gasteiger partial charge in [-0.05, 0) is 18.1 Å². The third kappa shape index (κ3) is 5.63. The normalized spacial score (nSPS) is 16.1. The molecule has 0 radical (unpaired) electrons. The molecule has 0 spiro atoms. The lowest BCUT2D eigenvalue weighted by molar-refractivity contribution is -0.135. The number of ether oxygens (including phenoxy) is 2. The van der Waals surface area contributed by atoms with Crippen LogP contribution >= 0.6 is 0 Å². The van der Waals surface area contributed by atoms with Crippen molar-refractivity contribution < 1.29 is 23.5 Å². The highest BCUT2D eigenvalue weighted by Gasteiger charge is 2.40. The van der Waals surface area contributed by atoms with Crippen molar-refractivity contribution in [2.75, 3.05) is 14.2 Å². The zero-order valence-corrected chi connectivity index (χ0v) is 15.4. The molecule has 0 aliphatic rings. The molecule has 0 aromatic heterocycles. The van der Waals surface area contributed by atoms with Gasteiger partial charge in [-0.15, -0.1) is 0 Å². The third-order valence-electron chi connectivity index (χ3n) is 4.01. The van der Waals surface area contributed by atoms with Crippen molar-refractivity contribution in [2.45, 2.75) is 51.9 Å². The van der Waals surface area contributed by atoms with Gasteiger partial charge in [0, 0.05) is 5.92 Å². The second-order valence-corrected chi connectivity index (χ2v) is 11.3. The van der Waals surface area contributed by atoms with Crippen LogP contribution < -0.4 is 0 Å². The van der Waals surface area contributed by atoms with Crippen molar-refractivity contribution in [2.24, 2.45) is 5.92 Å². The molecule has 0 N–H and O–H groups in total. The Morgan fingerprint density at radius 3 is 2.00 bits per heavy atom. The van der Waals surface area contributed by atoms with Gasteiger partial charge in [0.05, 0.1) is 20.3 Å². The van der Waals surface area contributed by atoms with E-state index in [1.165, 1.54) is 20.3 Å². The van der Waals surface area contributed by atoms with Crippen molar-refractivity contribution in [3.63, 3.8) is 0 Å². The molecule has 0 saturated carbocycles. The van der Waals surface area contributed by atoms with Crippen molar-refractivity contribution in [1.82, 2.24) is 0 Å². The summed E-state index contributed by atoms with van der Waals surface area (Å²) in [5, 5.41) is -0.00667. The molecule has 0 aromatic rings. The van der Waals surface area contributed by atoms with Crippen LogP contribution in [0, 0.1) is 5.92 Å². The molecule has 0 aliphatic heterocycles. The fourth-order valence-corrected chi connectivity index (χ4v) is 2.77. The van der Waals surface area contributed by atoms with Crippen LogP contribution in [0.15, 0.2) is 11.8 Å². The van der Waals surface area contributed by atoms with E-state index >= 15 is 0 Å². The maximum absolute atomic E-state index is 11.4. The number of esters is 1. The Balaban J connectivity index is 5.23. The molecular formula is C15H28O5Si. The Bertz CT molecular complexity index is 395. The molecule has 2 atom stereocenters. The first-order valence-electron chi connectivity index (χ1n) is 6.96. The molecule has 0 aromatic carbocycles. The molecule has 0 rings (SSSR count). The molecule has 6 heteroatoms. The summed E-state index contributed by atoms with van der Waals surface area (Å²) in [4.78, 5) is 22.8. The lowest BCUT2D eigenvalue weighted by atomic mass is 10.0. The Labute approximate surface area is 128 Å². The molecule has 0 fully saturated rings. The first-order valence-corrected chi connectivity index (χ1v) is 9.87. The van der Waals surface area contributed by atoms with E-state index in [-0.39, 0.29) is 11.0 Å². The number of hydrogen-bond acceptors (Lipinski definition) is 5. The average Bonchev–Trinajstić information content (AvgIpc) is 2.39. The van der Waals surface area contributed by atoms with E-state index in [2.05, 4.69) is 38.6 Å². The number of carbonyl (C=O) groups is 2. The van der Waals surface area contributed by atoms with Crippen LogP contribution in [0.4, 0.5) is 0 Å². The first kappa shape index (κ1) is 19.9. The summed E-state index contributed by atoms with van der Waals surface area (Å²) in [6.07, 6.45) is 1.37. The smallest absolute Gasteiger partial charge is 0.333 e. The van der Waals surface area contributed by atoms with Gasteiger partial charge in [0.15, 0.2) is 8.32 Å². The lowest BCUT2D eigenvalue weighted by Crippen LogP contribution is -2.46. The second kappa shape index (κ2) is 7.75. The minimum Gasteiger partial charge on any atom is -0.500 e. The summed E-state index contributed by atoms with van der Waals surface area (Å²) in [5.41, 5.74) is 0. The number of methoxy groups -OCH3 is 2. The van der Waals surface area contributed by atoms with Gasteiger partial charge in [0.1, 0.15) is 18.1 Å². The van der Waals surface area contributed by atoms with E-state index in [0.29, 0.717) is 5.76 Å². The number of carbonyl (C=O) groups excluding carboxylic acids is 2. The monoisotopic (exact) mass is 316 g/mol. The Morgan fingerprint density at radius 1 is 1.14 bits per heavy atom. The number of aldehydes is 1. The Morgan fingerprint density at radius 2 is 1.67 bits per heavy atom. The molecule has 0 heterocycles. The topological polar surface area (TPSA) is 61.8 Å². The molecular weight excluding hydrogens is 288 g/mol. The predicted molar refractivity (Wildman–Crippen MR) is 84.4 cm³/mol. The summed E-state index contributed by atoms with van der Waals surface area (Å²) in [5.74, 6) is -0.506. The number of hydrogen-bond donors (Lipinski definition) is 0. The molecule has 122 valence electrons. The van der Waals surface area contributed by atoms with E-state index in [4.69, 9.17) is 9.16 Å². The van der Waals surface area contributed by atoms with Crippen LogP contribution in [0.1, 0.15) is 27.7 Å². The van der Waals surface area contributed by atoms with Crippen molar-refractivity contribution in [3.05, 3.63) is 11.8 Å². The van der Waals surface area contributed by atoms with Crippen LogP contribution in [0.3, 0.4) is 0 Å². The van der Waals surface area contributed by atoms with Crippen molar-refractivity contribution in [3.8, 4) is 0 Å². The predicted octanol–water partition coefficient (Wildman–Crippen LogP) is 2.92. The molecule has 0 aliphatic carbocycles. The van der Waals surface area contributed by atoms with Gasteiger partial charge in [-0.25, -0.2) is 4.79 Å². The third-order valence-corrected chi connectivity index (χ3v) is 8.48. The summed E-state index contributed by atoms with van der Waals surface area (Å²) in [6, 6.07) is 0. The minimum absolute atomic E-state index is 0.00667. The molecule has 21 heavy (non-hydrogen) atoms. The van der Waals surface area contributed by atoms with Gasteiger partial charge in [-0.3, -0.25) is 0 Å². The number of rotatable bonds is 7. The first-order chi connectivity index (χ1) is 9.50. The summed E-state index contributed by atoms with van der Waals surface area (Å²) < 4.78 is 15.9. The lowest BCUT2D eigenvalue weighted by Gasteiger charge is -2.39. The Kier molecular flexibility index (Phi) is 7.33. The van der Waals surface area contributed by atoms with Crippen LogP contribution in [0.5, 0.6) is 0 Å². The molecule has 0 saturated heterocycles. The summed E-state index contributed by atoms with van der Waals surface area (Å²) in [6.45, 7) is 12.3. The highest BCUT2D eigenvalue weighted by molar-refractivity contribution is 6.74. The second-order valence-electron chi connectivity index (χ2n) is 6.54. The molecule has 0 bridgehead atoms. The van der Waals surface area contributed by atoms with Crippen LogP contribution in [-0.2, 0) is 23.5 Å².